The Bertz CT molecular complexity index is 462. The van der Waals surface area contributed by atoms with Gasteiger partial charge in [-0.25, -0.2) is 4.98 Å². The molecule has 0 spiro atoms. The summed E-state index contributed by atoms with van der Waals surface area (Å²) in [5.41, 5.74) is 6.71. The van der Waals surface area contributed by atoms with Crippen molar-refractivity contribution in [3.05, 3.63) is 30.6 Å². The summed E-state index contributed by atoms with van der Waals surface area (Å²) in [6.07, 6.45) is 4.81. The van der Waals surface area contributed by atoms with E-state index in [9.17, 15) is 0 Å². The van der Waals surface area contributed by atoms with Crippen molar-refractivity contribution < 1.29 is 0 Å². The van der Waals surface area contributed by atoms with E-state index in [1.807, 2.05) is 28.8 Å². The lowest BCUT2D eigenvalue weighted by Crippen LogP contribution is -2.14. The Hall–Kier alpha value is -1.55. The van der Waals surface area contributed by atoms with Gasteiger partial charge in [0.15, 0.2) is 0 Å². The molecule has 0 bridgehead atoms. The van der Waals surface area contributed by atoms with E-state index in [1.165, 1.54) is 0 Å². The molecule has 14 heavy (non-hydrogen) atoms. The summed E-state index contributed by atoms with van der Waals surface area (Å²) in [5.74, 6) is 1.07. The highest BCUT2D eigenvalue weighted by Crippen LogP contribution is 2.23. The molecule has 1 fully saturated rings. The van der Waals surface area contributed by atoms with Crippen LogP contribution in [0.1, 0.15) is 6.42 Å². The third kappa shape index (κ3) is 1.15. The zero-order valence-corrected chi connectivity index (χ0v) is 7.72. The van der Waals surface area contributed by atoms with Crippen molar-refractivity contribution in [2.24, 2.45) is 5.73 Å². The average molecular weight is 188 g/mol. The van der Waals surface area contributed by atoms with Crippen LogP contribution in [0, 0.1) is 0 Å². The number of aromatic nitrogens is 2. The summed E-state index contributed by atoms with van der Waals surface area (Å²) in [4.78, 5) is 4.22. The summed E-state index contributed by atoms with van der Waals surface area (Å²) >= 11 is 0. The lowest BCUT2D eigenvalue weighted by atomic mass is 10.4. The van der Waals surface area contributed by atoms with Crippen molar-refractivity contribution in [2.45, 2.75) is 18.5 Å². The van der Waals surface area contributed by atoms with Gasteiger partial charge in [0.05, 0.1) is 0 Å². The first kappa shape index (κ1) is 7.82. The van der Waals surface area contributed by atoms with Crippen LogP contribution in [0.5, 0.6) is 0 Å². The minimum atomic E-state index is 0.314. The van der Waals surface area contributed by atoms with Gasteiger partial charge in [-0.3, -0.25) is 4.40 Å². The van der Waals surface area contributed by atoms with E-state index in [1.54, 1.807) is 6.20 Å². The van der Waals surface area contributed by atoms with Crippen LogP contribution in [0.25, 0.3) is 5.65 Å². The lowest BCUT2D eigenvalue weighted by Gasteiger charge is -2.07. The van der Waals surface area contributed by atoms with Gasteiger partial charge in [0.2, 0.25) is 0 Å². The molecule has 4 nitrogen and oxygen atoms in total. The second-order valence-electron chi connectivity index (χ2n) is 3.72. The molecule has 0 saturated heterocycles. The van der Waals surface area contributed by atoms with Gasteiger partial charge in [0.25, 0.3) is 0 Å². The van der Waals surface area contributed by atoms with Crippen LogP contribution in [0.2, 0.25) is 0 Å². The molecular formula is C10H12N4. The fourth-order valence-corrected chi connectivity index (χ4v) is 1.64. The molecule has 3 N–H and O–H groups in total. The average Bonchev–Trinajstić information content (AvgIpc) is 2.69. The zero-order chi connectivity index (χ0) is 9.54. The second kappa shape index (κ2) is 2.72. The number of nitrogens with one attached hydrogen (secondary N) is 1. The molecule has 72 valence electrons. The Balaban J connectivity index is 1.98. The number of fused-ring (bicyclic) bond motifs is 1. The van der Waals surface area contributed by atoms with E-state index in [4.69, 9.17) is 5.73 Å². The molecule has 2 heterocycles. The number of hydrogen-bond donors (Lipinski definition) is 2. The van der Waals surface area contributed by atoms with Gasteiger partial charge in [-0.15, -0.1) is 0 Å². The first-order valence-electron chi connectivity index (χ1n) is 4.79. The van der Waals surface area contributed by atoms with Crippen molar-refractivity contribution in [3.63, 3.8) is 0 Å². The van der Waals surface area contributed by atoms with E-state index in [2.05, 4.69) is 10.3 Å². The van der Waals surface area contributed by atoms with Crippen LogP contribution in [0.4, 0.5) is 5.82 Å². The smallest absolute Gasteiger partial charge is 0.138 e. The molecule has 0 aliphatic heterocycles. The van der Waals surface area contributed by atoms with Gasteiger partial charge < -0.3 is 11.1 Å². The molecule has 2 aromatic rings. The predicted molar refractivity (Wildman–Crippen MR) is 55.2 cm³/mol. The standard InChI is InChI=1S/C10H12N4/c11-7-6-8(7)13-10-3-1-2-9-12-4-5-14(9)10/h1-5,7-8,13H,6,11H2. The Labute approximate surface area is 81.7 Å². The predicted octanol–water partition coefficient (Wildman–Crippen LogP) is 0.846. The molecule has 0 radical (unpaired) electrons. The maximum atomic E-state index is 5.75. The number of anilines is 1. The second-order valence-corrected chi connectivity index (χ2v) is 3.72. The van der Waals surface area contributed by atoms with Gasteiger partial charge >= 0.3 is 0 Å². The molecule has 0 aromatic carbocycles. The number of nitrogens with zero attached hydrogens (tertiary/aromatic N) is 2. The van der Waals surface area contributed by atoms with Crippen LogP contribution >= 0.6 is 0 Å². The van der Waals surface area contributed by atoms with Gasteiger partial charge in [0, 0.05) is 24.5 Å². The van der Waals surface area contributed by atoms with E-state index in [0.29, 0.717) is 12.1 Å². The quantitative estimate of drug-likeness (QED) is 0.734. The number of hydrogen-bond acceptors (Lipinski definition) is 3. The van der Waals surface area contributed by atoms with E-state index in [-0.39, 0.29) is 0 Å². The van der Waals surface area contributed by atoms with E-state index >= 15 is 0 Å². The van der Waals surface area contributed by atoms with Gasteiger partial charge in [-0.05, 0) is 18.6 Å². The molecular weight excluding hydrogens is 176 g/mol. The molecule has 2 aromatic heterocycles. The normalized spacial score (nSPS) is 25.2. The summed E-state index contributed by atoms with van der Waals surface area (Å²) in [6.45, 7) is 0. The largest absolute Gasteiger partial charge is 0.367 e. The maximum Gasteiger partial charge on any atom is 0.138 e. The molecule has 3 rings (SSSR count). The summed E-state index contributed by atoms with van der Waals surface area (Å²) in [6, 6.07) is 6.77. The van der Waals surface area contributed by atoms with Crippen LogP contribution < -0.4 is 11.1 Å². The summed E-state index contributed by atoms with van der Waals surface area (Å²) in [5, 5.41) is 3.39. The first-order valence-corrected chi connectivity index (χ1v) is 4.79. The van der Waals surface area contributed by atoms with Gasteiger partial charge in [-0.2, -0.15) is 0 Å². The van der Waals surface area contributed by atoms with Crippen LogP contribution in [-0.2, 0) is 0 Å². The van der Waals surface area contributed by atoms with Crippen molar-refractivity contribution in [1.29, 1.82) is 0 Å². The van der Waals surface area contributed by atoms with E-state index in [0.717, 1.165) is 17.9 Å². The van der Waals surface area contributed by atoms with E-state index < -0.39 is 0 Å². The Morgan fingerprint density at radius 1 is 1.50 bits per heavy atom. The third-order valence-corrected chi connectivity index (χ3v) is 2.60. The fraction of sp³-hybridized carbons (Fsp3) is 0.300. The minimum absolute atomic E-state index is 0.314. The van der Waals surface area contributed by atoms with Crippen molar-refractivity contribution in [2.75, 3.05) is 5.32 Å². The Morgan fingerprint density at radius 2 is 2.36 bits per heavy atom. The van der Waals surface area contributed by atoms with Crippen LogP contribution in [0.15, 0.2) is 30.6 Å². The topological polar surface area (TPSA) is 55.3 Å². The number of rotatable bonds is 2. The Morgan fingerprint density at radius 3 is 3.14 bits per heavy atom. The molecule has 1 aliphatic rings. The first-order chi connectivity index (χ1) is 6.84. The van der Waals surface area contributed by atoms with Crippen molar-refractivity contribution in [3.8, 4) is 0 Å². The maximum absolute atomic E-state index is 5.75. The molecule has 0 amide bonds. The van der Waals surface area contributed by atoms with Crippen molar-refractivity contribution >= 4 is 11.5 Å². The van der Waals surface area contributed by atoms with Gasteiger partial charge in [0.1, 0.15) is 11.5 Å². The highest BCUT2D eigenvalue weighted by Gasteiger charge is 2.33. The highest BCUT2D eigenvalue weighted by atomic mass is 15.1. The molecule has 1 saturated carbocycles. The number of nitrogens with two attached hydrogens (primary N) is 1. The molecule has 1 aliphatic carbocycles. The Kier molecular flexibility index (Phi) is 1.52. The fourth-order valence-electron chi connectivity index (χ4n) is 1.64. The summed E-state index contributed by atoms with van der Waals surface area (Å²) in [7, 11) is 0. The lowest BCUT2D eigenvalue weighted by molar-refractivity contribution is 0.987. The highest BCUT2D eigenvalue weighted by molar-refractivity contribution is 5.51. The molecule has 2 unspecified atom stereocenters. The SMILES string of the molecule is NC1CC1Nc1cccc2nccn12. The van der Waals surface area contributed by atoms with Crippen LogP contribution in [-0.4, -0.2) is 21.5 Å². The number of imidazole rings is 1. The third-order valence-electron chi connectivity index (χ3n) is 2.60. The molecule has 4 heteroatoms. The minimum Gasteiger partial charge on any atom is -0.367 e. The van der Waals surface area contributed by atoms with Crippen molar-refractivity contribution in [1.82, 2.24) is 9.38 Å². The zero-order valence-electron chi connectivity index (χ0n) is 7.72. The molecule has 2 atom stereocenters. The summed E-state index contributed by atoms with van der Waals surface area (Å²) < 4.78 is 2.03. The number of pyridine rings is 1. The van der Waals surface area contributed by atoms with Gasteiger partial charge in [-0.1, -0.05) is 6.07 Å². The monoisotopic (exact) mass is 188 g/mol. The van der Waals surface area contributed by atoms with Crippen LogP contribution in [0.3, 0.4) is 0 Å².